The van der Waals surface area contributed by atoms with Crippen LogP contribution in [0.5, 0.6) is 5.88 Å². The standard InChI is InChI=1S/C7H6ClF3N2O3S/c1-17(14,15)13-16-6-3-4(7(9,10)11)2-5(8)12-6/h2-3,13H,1H3. The van der Waals surface area contributed by atoms with Crippen LogP contribution in [0.1, 0.15) is 5.56 Å². The molecule has 1 aromatic heterocycles. The molecule has 0 aliphatic carbocycles. The number of nitrogens with zero attached hydrogens (tertiary/aromatic N) is 1. The number of hydrogen-bond donors (Lipinski definition) is 1. The Hall–Kier alpha value is -1.06. The van der Waals surface area contributed by atoms with Crippen LogP contribution in [-0.2, 0) is 16.2 Å². The van der Waals surface area contributed by atoms with Gasteiger partial charge in [0.15, 0.2) is 0 Å². The van der Waals surface area contributed by atoms with Gasteiger partial charge in [0.05, 0.1) is 11.8 Å². The molecule has 0 unspecified atom stereocenters. The maximum atomic E-state index is 12.3. The maximum absolute atomic E-state index is 12.3. The van der Waals surface area contributed by atoms with Crippen molar-refractivity contribution in [2.45, 2.75) is 6.18 Å². The van der Waals surface area contributed by atoms with E-state index in [9.17, 15) is 21.6 Å². The molecule has 0 amide bonds. The van der Waals surface area contributed by atoms with Crippen molar-refractivity contribution in [1.82, 2.24) is 9.87 Å². The number of rotatable bonds is 3. The van der Waals surface area contributed by atoms with E-state index in [-0.39, 0.29) is 0 Å². The number of alkyl halides is 3. The van der Waals surface area contributed by atoms with Crippen LogP contribution in [0.15, 0.2) is 12.1 Å². The number of sulfonamides is 1. The Bertz CT molecular complexity index is 518. The van der Waals surface area contributed by atoms with Gasteiger partial charge in [0.1, 0.15) is 5.15 Å². The van der Waals surface area contributed by atoms with Gasteiger partial charge >= 0.3 is 6.18 Å². The number of nitrogens with one attached hydrogen (secondary N) is 1. The van der Waals surface area contributed by atoms with Gasteiger partial charge in [0.2, 0.25) is 15.9 Å². The fraction of sp³-hybridized carbons (Fsp3) is 0.286. The van der Waals surface area contributed by atoms with Gasteiger partial charge in [0, 0.05) is 6.07 Å². The van der Waals surface area contributed by atoms with E-state index in [1.54, 1.807) is 0 Å². The fourth-order valence-electron chi connectivity index (χ4n) is 0.807. The van der Waals surface area contributed by atoms with E-state index in [0.29, 0.717) is 12.1 Å². The van der Waals surface area contributed by atoms with Crippen molar-refractivity contribution in [2.75, 3.05) is 6.26 Å². The highest BCUT2D eigenvalue weighted by molar-refractivity contribution is 7.88. The molecular weight excluding hydrogens is 285 g/mol. The first-order valence-electron chi connectivity index (χ1n) is 3.96. The lowest BCUT2D eigenvalue weighted by molar-refractivity contribution is -0.137. The van der Waals surface area contributed by atoms with Crippen LogP contribution in [0.3, 0.4) is 0 Å². The summed E-state index contributed by atoms with van der Waals surface area (Å²) in [7, 11) is -3.72. The summed E-state index contributed by atoms with van der Waals surface area (Å²) in [6.07, 6.45) is -3.86. The van der Waals surface area contributed by atoms with Crippen molar-refractivity contribution < 1.29 is 26.4 Å². The second kappa shape index (κ2) is 4.67. The molecule has 0 spiro atoms. The van der Waals surface area contributed by atoms with E-state index in [4.69, 9.17) is 11.6 Å². The number of aromatic nitrogens is 1. The Balaban J connectivity index is 2.98. The summed E-state index contributed by atoms with van der Waals surface area (Å²) in [6.45, 7) is 0. The first-order valence-corrected chi connectivity index (χ1v) is 6.23. The topological polar surface area (TPSA) is 68.3 Å². The minimum absolute atomic E-state index is 0.467. The van der Waals surface area contributed by atoms with Crippen LogP contribution in [-0.4, -0.2) is 19.7 Å². The lowest BCUT2D eigenvalue weighted by Gasteiger charge is -2.09. The van der Waals surface area contributed by atoms with Gasteiger partial charge in [-0.25, -0.2) is 8.42 Å². The van der Waals surface area contributed by atoms with E-state index in [1.165, 1.54) is 4.89 Å². The first kappa shape index (κ1) is 14.0. The molecule has 96 valence electrons. The average molecular weight is 291 g/mol. The highest BCUT2D eigenvalue weighted by Gasteiger charge is 2.32. The van der Waals surface area contributed by atoms with Gasteiger partial charge in [-0.1, -0.05) is 11.6 Å². The smallest absolute Gasteiger partial charge is 0.374 e. The van der Waals surface area contributed by atoms with Crippen LogP contribution >= 0.6 is 11.6 Å². The Morgan fingerprint density at radius 3 is 2.47 bits per heavy atom. The number of hydrogen-bond acceptors (Lipinski definition) is 4. The molecule has 0 atom stereocenters. The second-order valence-corrected chi connectivity index (χ2v) is 5.07. The Kier molecular flexibility index (Phi) is 3.84. The fourth-order valence-corrected chi connectivity index (χ4v) is 1.24. The van der Waals surface area contributed by atoms with Crippen molar-refractivity contribution >= 4 is 21.6 Å². The van der Waals surface area contributed by atoms with E-state index in [2.05, 4.69) is 9.82 Å². The van der Waals surface area contributed by atoms with E-state index in [0.717, 1.165) is 6.26 Å². The van der Waals surface area contributed by atoms with Gasteiger partial charge in [-0.3, -0.25) is 0 Å². The third-order valence-electron chi connectivity index (χ3n) is 1.40. The van der Waals surface area contributed by atoms with Gasteiger partial charge in [-0.15, -0.1) is 0 Å². The zero-order valence-electron chi connectivity index (χ0n) is 8.25. The molecule has 5 nitrogen and oxygen atoms in total. The highest BCUT2D eigenvalue weighted by atomic mass is 35.5. The molecule has 17 heavy (non-hydrogen) atoms. The highest BCUT2D eigenvalue weighted by Crippen LogP contribution is 2.32. The molecule has 1 rings (SSSR count). The SMILES string of the molecule is CS(=O)(=O)NOc1cc(C(F)(F)F)cc(Cl)n1. The third kappa shape index (κ3) is 4.75. The van der Waals surface area contributed by atoms with E-state index in [1.807, 2.05) is 0 Å². The summed E-state index contributed by atoms with van der Waals surface area (Å²) in [5, 5.41) is -0.467. The monoisotopic (exact) mass is 290 g/mol. The van der Waals surface area contributed by atoms with Crippen molar-refractivity contribution in [3.05, 3.63) is 22.8 Å². The van der Waals surface area contributed by atoms with Crippen LogP contribution in [0.25, 0.3) is 0 Å². The molecule has 10 heteroatoms. The predicted octanol–water partition coefficient (Wildman–Crippen LogP) is 1.60. The molecule has 1 aromatic rings. The zero-order valence-corrected chi connectivity index (χ0v) is 9.82. The van der Waals surface area contributed by atoms with E-state index < -0.39 is 32.8 Å². The van der Waals surface area contributed by atoms with Gasteiger partial charge in [-0.2, -0.15) is 18.2 Å². The molecule has 0 aliphatic heterocycles. The molecule has 0 saturated heterocycles. The normalized spacial score (nSPS) is 12.5. The predicted molar refractivity (Wildman–Crippen MR) is 52.9 cm³/mol. The Labute approximate surface area is 99.6 Å². The van der Waals surface area contributed by atoms with Crippen LogP contribution in [0.2, 0.25) is 5.15 Å². The zero-order chi connectivity index (χ0) is 13.3. The molecular formula is C7H6ClF3N2O3S. The molecule has 0 radical (unpaired) electrons. The number of halogens is 4. The van der Waals surface area contributed by atoms with Crippen molar-refractivity contribution in [3.8, 4) is 5.88 Å². The summed E-state index contributed by atoms with van der Waals surface area (Å²) in [5.41, 5.74) is -1.09. The molecule has 0 fully saturated rings. The summed E-state index contributed by atoms with van der Waals surface area (Å²) < 4.78 is 58.3. The maximum Gasteiger partial charge on any atom is 0.416 e. The van der Waals surface area contributed by atoms with Crippen molar-refractivity contribution in [3.63, 3.8) is 0 Å². The first-order chi connectivity index (χ1) is 7.58. The lowest BCUT2D eigenvalue weighted by Crippen LogP contribution is -2.26. The molecule has 1 heterocycles. The molecule has 1 N–H and O–H groups in total. The minimum atomic E-state index is -4.63. The summed E-state index contributed by atoms with van der Waals surface area (Å²) >= 11 is 5.34. The van der Waals surface area contributed by atoms with Gasteiger partial charge in [0.25, 0.3) is 0 Å². The second-order valence-electron chi connectivity index (χ2n) is 2.97. The Morgan fingerprint density at radius 1 is 1.41 bits per heavy atom. The third-order valence-corrected chi connectivity index (χ3v) is 1.98. The van der Waals surface area contributed by atoms with Gasteiger partial charge in [-0.05, 0) is 11.0 Å². The summed E-state index contributed by atoms with van der Waals surface area (Å²) in [6, 6.07) is 1.11. The molecule has 0 bridgehead atoms. The molecule has 0 aliphatic rings. The Morgan fingerprint density at radius 2 is 2.00 bits per heavy atom. The molecule has 0 saturated carbocycles. The quantitative estimate of drug-likeness (QED) is 0.678. The lowest BCUT2D eigenvalue weighted by atomic mass is 10.2. The summed E-state index contributed by atoms with van der Waals surface area (Å²) in [4.78, 5) is 9.25. The van der Waals surface area contributed by atoms with E-state index >= 15 is 0 Å². The molecule has 0 aromatic carbocycles. The van der Waals surface area contributed by atoms with Crippen LogP contribution < -0.4 is 9.72 Å². The largest absolute Gasteiger partial charge is 0.416 e. The summed E-state index contributed by atoms with van der Waals surface area (Å²) in [5.74, 6) is -0.602. The minimum Gasteiger partial charge on any atom is -0.374 e. The van der Waals surface area contributed by atoms with Crippen molar-refractivity contribution in [2.24, 2.45) is 0 Å². The van der Waals surface area contributed by atoms with Crippen LogP contribution in [0, 0.1) is 0 Å². The average Bonchev–Trinajstić information content (AvgIpc) is 2.11. The van der Waals surface area contributed by atoms with Gasteiger partial charge < -0.3 is 4.84 Å². The van der Waals surface area contributed by atoms with Crippen molar-refractivity contribution in [1.29, 1.82) is 0 Å². The number of pyridine rings is 1. The van der Waals surface area contributed by atoms with Crippen LogP contribution in [0.4, 0.5) is 13.2 Å².